The van der Waals surface area contributed by atoms with Crippen LogP contribution < -0.4 is 16.2 Å². The van der Waals surface area contributed by atoms with Crippen molar-refractivity contribution in [2.45, 2.75) is 13.8 Å². The molecule has 0 unspecified atom stereocenters. The van der Waals surface area contributed by atoms with E-state index in [1.165, 1.54) is 0 Å². The van der Waals surface area contributed by atoms with Gasteiger partial charge >= 0.3 is 0 Å². The third-order valence-electron chi connectivity index (χ3n) is 4.81. The molecule has 0 aliphatic rings. The van der Waals surface area contributed by atoms with Crippen LogP contribution in [0.4, 0.5) is 5.69 Å². The van der Waals surface area contributed by atoms with Crippen LogP contribution >= 0.6 is 12.2 Å². The Bertz CT molecular complexity index is 1250. The summed E-state index contributed by atoms with van der Waals surface area (Å²) in [5, 5.41) is 4.38. The molecule has 0 bridgehead atoms. The molecule has 0 spiro atoms. The van der Waals surface area contributed by atoms with Crippen molar-refractivity contribution >= 4 is 39.8 Å². The number of hydrazine groups is 1. The van der Waals surface area contributed by atoms with Gasteiger partial charge in [0.2, 0.25) is 0 Å². The average Bonchev–Trinajstić information content (AvgIpc) is 3.18. The van der Waals surface area contributed by atoms with E-state index in [0.29, 0.717) is 16.4 Å². The van der Waals surface area contributed by atoms with E-state index >= 15 is 0 Å². The predicted molar refractivity (Wildman–Crippen MR) is 124 cm³/mol. The summed E-state index contributed by atoms with van der Waals surface area (Å²) >= 11 is 5.30. The maximum absolute atomic E-state index is 12.9. The molecule has 4 rings (SSSR count). The molecule has 150 valence electrons. The van der Waals surface area contributed by atoms with Crippen molar-refractivity contribution in [3.05, 3.63) is 83.7 Å². The van der Waals surface area contributed by atoms with Crippen LogP contribution in [0.15, 0.2) is 66.9 Å². The topological polar surface area (TPSA) is 81.8 Å². The number of thiocarbonyl (C=S) groups is 1. The van der Waals surface area contributed by atoms with Crippen molar-refractivity contribution in [1.29, 1.82) is 0 Å². The molecule has 2 aromatic carbocycles. The van der Waals surface area contributed by atoms with E-state index in [1.54, 1.807) is 6.07 Å². The van der Waals surface area contributed by atoms with Gasteiger partial charge in [0.1, 0.15) is 0 Å². The van der Waals surface area contributed by atoms with E-state index in [1.807, 2.05) is 74.6 Å². The number of aryl methyl sites for hydroxylation is 2. The molecule has 0 saturated carbocycles. The molecule has 1 amide bonds. The number of carbonyl (C=O) groups excluding carboxylic acids is 1. The third kappa shape index (κ3) is 4.01. The molecule has 0 aliphatic carbocycles. The first-order chi connectivity index (χ1) is 14.5. The van der Waals surface area contributed by atoms with Crippen LogP contribution in [-0.2, 0) is 0 Å². The van der Waals surface area contributed by atoms with Crippen molar-refractivity contribution in [2.75, 3.05) is 5.32 Å². The molecule has 2 aromatic heterocycles. The lowest BCUT2D eigenvalue weighted by molar-refractivity contribution is 0.0944. The fourth-order valence-corrected chi connectivity index (χ4v) is 3.42. The first-order valence-corrected chi connectivity index (χ1v) is 9.91. The number of nitrogens with one attached hydrogen (secondary N) is 4. The van der Waals surface area contributed by atoms with Crippen molar-refractivity contribution in [3.63, 3.8) is 0 Å². The number of carbonyl (C=O) groups is 1. The Balaban J connectivity index is 1.55. The SMILES string of the molecule is Cc1ccc(C(=O)NNC(=S)Nc2ccccc2C)c(-c2c[nH]c3ccccc23)n1. The number of pyridine rings is 1. The highest BCUT2D eigenvalue weighted by Gasteiger charge is 2.17. The van der Waals surface area contributed by atoms with E-state index in [9.17, 15) is 4.79 Å². The zero-order chi connectivity index (χ0) is 21.1. The maximum atomic E-state index is 12.9. The standard InChI is InChI=1S/C23H21N5OS/c1-14-7-3-5-9-19(14)26-23(30)28-27-22(29)17-12-11-15(2)25-21(17)18-13-24-20-10-6-4-8-16(18)20/h3-13,24H,1-2H3,(H,27,29)(H2,26,28,30). The summed E-state index contributed by atoms with van der Waals surface area (Å²) < 4.78 is 0. The second-order valence-electron chi connectivity index (χ2n) is 6.94. The Morgan fingerprint density at radius 3 is 2.57 bits per heavy atom. The molecule has 4 aromatic rings. The van der Waals surface area contributed by atoms with Crippen LogP contribution in [0.2, 0.25) is 0 Å². The second-order valence-corrected chi connectivity index (χ2v) is 7.35. The third-order valence-corrected chi connectivity index (χ3v) is 5.01. The number of benzene rings is 2. The number of aromatic amines is 1. The highest BCUT2D eigenvalue weighted by atomic mass is 32.1. The van der Waals surface area contributed by atoms with Crippen molar-refractivity contribution < 1.29 is 4.79 Å². The maximum Gasteiger partial charge on any atom is 0.271 e. The Hall–Kier alpha value is -3.71. The number of H-pyrrole nitrogens is 1. The van der Waals surface area contributed by atoms with Gasteiger partial charge in [0.05, 0.1) is 11.3 Å². The number of aromatic nitrogens is 2. The van der Waals surface area contributed by atoms with Crippen LogP contribution in [0.3, 0.4) is 0 Å². The molecular weight excluding hydrogens is 394 g/mol. The molecule has 2 heterocycles. The minimum absolute atomic E-state index is 0.298. The lowest BCUT2D eigenvalue weighted by atomic mass is 10.0. The summed E-state index contributed by atoms with van der Waals surface area (Å²) in [5.74, 6) is -0.322. The summed E-state index contributed by atoms with van der Waals surface area (Å²) in [7, 11) is 0. The van der Waals surface area contributed by atoms with Crippen LogP contribution in [0, 0.1) is 13.8 Å². The number of hydrogen-bond acceptors (Lipinski definition) is 3. The van der Waals surface area contributed by atoms with Gasteiger partial charge in [-0.1, -0.05) is 36.4 Å². The van der Waals surface area contributed by atoms with E-state index in [2.05, 4.69) is 26.1 Å². The van der Waals surface area contributed by atoms with E-state index in [0.717, 1.165) is 33.4 Å². The molecule has 4 N–H and O–H groups in total. The molecule has 6 nitrogen and oxygen atoms in total. The van der Waals surface area contributed by atoms with Crippen LogP contribution in [0.25, 0.3) is 22.2 Å². The lowest BCUT2D eigenvalue weighted by Gasteiger charge is -2.14. The average molecular weight is 416 g/mol. The molecule has 0 saturated heterocycles. The minimum Gasteiger partial charge on any atom is -0.360 e. The highest BCUT2D eigenvalue weighted by molar-refractivity contribution is 7.80. The lowest BCUT2D eigenvalue weighted by Crippen LogP contribution is -2.44. The van der Waals surface area contributed by atoms with Gasteiger partial charge < -0.3 is 10.3 Å². The van der Waals surface area contributed by atoms with Crippen molar-refractivity contribution in [1.82, 2.24) is 20.8 Å². The van der Waals surface area contributed by atoms with E-state index < -0.39 is 0 Å². The van der Waals surface area contributed by atoms with Crippen molar-refractivity contribution in [2.24, 2.45) is 0 Å². The van der Waals surface area contributed by atoms with Crippen LogP contribution in [0.1, 0.15) is 21.6 Å². The fourth-order valence-electron chi connectivity index (χ4n) is 3.26. The number of fused-ring (bicyclic) bond motifs is 1. The molecule has 0 radical (unpaired) electrons. The zero-order valence-electron chi connectivity index (χ0n) is 16.6. The number of rotatable bonds is 3. The van der Waals surface area contributed by atoms with Gasteiger partial charge in [-0.15, -0.1) is 0 Å². The number of amides is 1. The van der Waals surface area contributed by atoms with Gasteiger partial charge in [0.15, 0.2) is 5.11 Å². The number of para-hydroxylation sites is 2. The molecule has 7 heteroatoms. The Morgan fingerprint density at radius 2 is 1.73 bits per heavy atom. The molecule has 30 heavy (non-hydrogen) atoms. The van der Waals surface area contributed by atoms with Crippen molar-refractivity contribution in [3.8, 4) is 11.3 Å². The molecule has 0 aliphatic heterocycles. The van der Waals surface area contributed by atoms with Crippen LogP contribution in [-0.4, -0.2) is 21.0 Å². The Morgan fingerprint density at radius 1 is 0.967 bits per heavy atom. The van der Waals surface area contributed by atoms with Crippen LogP contribution in [0.5, 0.6) is 0 Å². The molecule has 0 fully saturated rings. The Labute approximate surface area is 179 Å². The normalized spacial score (nSPS) is 10.6. The minimum atomic E-state index is -0.322. The molecular formula is C23H21N5OS. The second kappa shape index (κ2) is 8.34. The van der Waals surface area contributed by atoms with Gasteiger partial charge in [-0.25, -0.2) is 0 Å². The number of hydrogen-bond donors (Lipinski definition) is 4. The van der Waals surface area contributed by atoms with Gasteiger partial charge in [0.25, 0.3) is 5.91 Å². The highest BCUT2D eigenvalue weighted by Crippen LogP contribution is 2.29. The molecule has 0 atom stereocenters. The summed E-state index contributed by atoms with van der Waals surface area (Å²) in [6.45, 7) is 3.88. The quantitative estimate of drug-likeness (QED) is 0.293. The summed E-state index contributed by atoms with van der Waals surface area (Å²) in [5.41, 5.74) is 11.1. The monoisotopic (exact) mass is 415 g/mol. The Kier molecular flexibility index (Phi) is 5.45. The number of nitrogens with zero attached hydrogens (tertiary/aromatic N) is 1. The number of anilines is 1. The first-order valence-electron chi connectivity index (χ1n) is 9.50. The predicted octanol–water partition coefficient (Wildman–Crippen LogP) is 4.48. The summed E-state index contributed by atoms with van der Waals surface area (Å²) in [6.07, 6.45) is 1.88. The van der Waals surface area contributed by atoms with E-state index in [4.69, 9.17) is 12.2 Å². The van der Waals surface area contributed by atoms with Gasteiger partial charge in [-0.05, 0) is 55.9 Å². The van der Waals surface area contributed by atoms with Gasteiger partial charge in [-0.3, -0.25) is 20.6 Å². The zero-order valence-corrected chi connectivity index (χ0v) is 17.4. The summed E-state index contributed by atoms with van der Waals surface area (Å²) in [6, 6.07) is 19.3. The smallest absolute Gasteiger partial charge is 0.271 e. The largest absolute Gasteiger partial charge is 0.360 e. The van der Waals surface area contributed by atoms with Gasteiger partial charge in [-0.2, -0.15) is 0 Å². The fraction of sp³-hybridized carbons (Fsp3) is 0.0870. The van der Waals surface area contributed by atoms with Gasteiger partial charge in [0, 0.05) is 34.0 Å². The summed E-state index contributed by atoms with van der Waals surface area (Å²) in [4.78, 5) is 20.8. The van der Waals surface area contributed by atoms with E-state index in [-0.39, 0.29) is 5.91 Å². The first kappa shape index (κ1) is 19.6.